The summed E-state index contributed by atoms with van der Waals surface area (Å²) >= 11 is 5.66. The minimum atomic E-state index is -0.444. The number of hydrogen-bond donors (Lipinski definition) is 2. The average Bonchev–Trinajstić information content (AvgIpc) is 3.15. The Balaban J connectivity index is 1.68. The van der Waals surface area contributed by atoms with Crippen molar-refractivity contribution in [3.05, 3.63) is 34.6 Å². The van der Waals surface area contributed by atoms with Crippen molar-refractivity contribution >= 4 is 17.5 Å². The van der Waals surface area contributed by atoms with Gasteiger partial charge in [0, 0.05) is 25.6 Å². The van der Waals surface area contributed by atoms with Gasteiger partial charge in [-0.05, 0) is 30.5 Å². The van der Waals surface area contributed by atoms with E-state index in [0.29, 0.717) is 25.6 Å². The molecule has 1 aromatic carbocycles. The molecule has 1 saturated carbocycles. The Kier molecular flexibility index (Phi) is 4.55. The number of carbonyl (C=O) groups excluding carboxylic acids is 1. The molecule has 0 saturated heterocycles. The lowest BCUT2D eigenvalue weighted by molar-refractivity contribution is -0.121. The monoisotopic (exact) mass is 270 g/mol. The molecule has 0 bridgehead atoms. The number of amides is 1. The molecule has 18 heavy (non-hydrogen) atoms. The molecule has 0 heterocycles. The second-order valence-electron chi connectivity index (χ2n) is 4.50. The van der Waals surface area contributed by atoms with Gasteiger partial charge in [-0.2, -0.15) is 0 Å². The van der Waals surface area contributed by atoms with Crippen LogP contribution in [0.4, 0.5) is 4.39 Å². The lowest BCUT2D eigenvalue weighted by Crippen LogP contribution is -2.28. The van der Waals surface area contributed by atoms with Gasteiger partial charge in [0.15, 0.2) is 0 Å². The summed E-state index contributed by atoms with van der Waals surface area (Å²) in [6.07, 6.45) is 2.90. The van der Waals surface area contributed by atoms with Crippen LogP contribution in [0.2, 0.25) is 5.02 Å². The van der Waals surface area contributed by atoms with E-state index in [0.717, 1.165) is 5.56 Å². The van der Waals surface area contributed by atoms with Crippen molar-refractivity contribution in [2.45, 2.75) is 31.8 Å². The van der Waals surface area contributed by atoms with Crippen LogP contribution in [-0.2, 0) is 11.3 Å². The number of hydrogen-bond acceptors (Lipinski definition) is 2. The van der Waals surface area contributed by atoms with Gasteiger partial charge in [0.1, 0.15) is 5.82 Å². The van der Waals surface area contributed by atoms with E-state index in [9.17, 15) is 9.18 Å². The fourth-order valence-electron chi connectivity index (χ4n) is 1.62. The Morgan fingerprint density at radius 1 is 1.44 bits per heavy atom. The molecule has 98 valence electrons. The molecule has 1 fully saturated rings. The highest BCUT2D eigenvalue weighted by Crippen LogP contribution is 2.18. The fourth-order valence-corrected chi connectivity index (χ4v) is 1.82. The fraction of sp³-hybridized carbons (Fsp3) is 0.462. The largest absolute Gasteiger partial charge is 0.352 e. The number of carbonyl (C=O) groups is 1. The molecule has 2 N–H and O–H groups in total. The minimum absolute atomic E-state index is 0.0106. The first-order valence-corrected chi connectivity index (χ1v) is 6.47. The van der Waals surface area contributed by atoms with Crippen molar-refractivity contribution in [1.82, 2.24) is 10.6 Å². The Morgan fingerprint density at radius 3 is 2.89 bits per heavy atom. The molecule has 2 rings (SSSR count). The molecule has 0 unspecified atom stereocenters. The molecule has 3 nitrogen and oxygen atoms in total. The zero-order chi connectivity index (χ0) is 13.0. The van der Waals surface area contributed by atoms with Gasteiger partial charge in [-0.1, -0.05) is 17.7 Å². The highest BCUT2D eigenvalue weighted by molar-refractivity contribution is 6.30. The summed E-state index contributed by atoms with van der Waals surface area (Å²) in [5, 5.41) is 6.13. The van der Waals surface area contributed by atoms with Gasteiger partial charge in [-0.3, -0.25) is 4.79 Å². The molecular weight excluding hydrogens is 255 g/mol. The molecule has 1 aliphatic rings. The second-order valence-corrected chi connectivity index (χ2v) is 4.91. The van der Waals surface area contributed by atoms with Crippen molar-refractivity contribution in [3.63, 3.8) is 0 Å². The van der Waals surface area contributed by atoms with Gasteiger partial charge >= 0.3 is 0 Å². The Hall–Kier alpha value is -1.13. The van der Waals surface area contributed by atoms with E-state index in [4.69, 9.17) is 11.6 Å². The van der Waals surface area contributed by atoms with Crippen LogP contribution in [0, 0.1) is 5.82 Å². The van der Waals surface area contributed by atoms with Crippen LogP contribution in [0.5, 0.6) is 0 Å². The molecule has 1 amide bonds. The maximum atomic E-state index is 12.9. The number of nitrogens with one attached hydrogen (secondary N) is 2. The number of benzene rings is 1. The highest BCUT2D eigenvalue weighted by Gasteiger charge is 2.19. The van der Waals surface area contributed by atoms with Gasteiger partial charge in [-0.15, -0.1) is 0 Å². The Bertz CT molecular complexity index is 435. The van der Waals surface area contributed by atoms with Crippen molar-refractivity contribution in [3.8, 4) is 0 Å². The summed E-state index contributed by atoms with van der Waals surface area (Å²) in [7, 11) is 0. The summed E-state index contributed by atoms with van der Waals surface area (Å²) in [6, 6.07) is 5.07. The van der Waals surface area contributed by atoms with Crippen LogP contribution < -0.4 is 10.6 Å². The van der Waals surface area contributed by atoms with E-state index >= 15 is 0 Å². The van der Waals surface area contributed by atoms with E-state index < -0.39 is 5.82 Å². The molecule has 0 aromatic heterocycles. The lowest BCUT2D eigenvalue weighted by Gasteiger charge is -2.06. The van der Waals surface area contributed by atoms with E-state index in [1.54, 1.807) is 6.07 Å². The summed E-state index contributed by atoms with van der Waals surface area (Å²) in [5.41, 5.74) is 0.796. The zero-order valence-corrected chi connectivity index (χ0v) is 10.8. The molecular formula is C13H16ClFN2O. The second kappa shape index (κ2) is 6.16. The molecule has 1 aromatic rings. The zero-order valence-electron chi connectivity index (χ0n) is 10.0. The summed E-state index contributed by atoms with van der Waals surface area (Å²) < 4.78 is 12.9. The summed E-state index contributed by atoms with van der Waals surface area (Å²) in [4.78, 5) is 11.5. The van der Waals surface area contributed by atoms with Crippen molar-refractivity contribution in [1.29, 1.82) is 0 Å². The van der Waals surface area contributed by atoms with Gasteiger partial charge in [-0.25, -0.2) is 4.39 Å². The third-order valence-electron chi connectivity index (χ3n) is 2.84. The minimum Gasteiger partial charge on any atom is -0.352 e. The van der Waals surface area contributed by atoms with E-state index in [1.807, 2.05) is 0 Å². The van der Waals surface area contributed by atoms with E-state index in [1.165, 1.54) is 25.0 Å². The van der Waals surface area contributed by atoms with Crippen molar-refractivity contribution in [2.75, 3.05) is 6.54 Å². The SMILES string of the molecule is O=C(CCNC1CC1)NCc1ccc(F)c(Cl)c1. The third kappa shape index (κ3) is 4.27. The number of halogens is 2. The lowest BCUT2D eigenvalue weighted by atomic mass is 10.2. The Labute approximate surface area is 111 Å². The standard InChI is InChI=1S/C13H16ClFN2O/c14-11-7-9(1-4-12(11)15)8-17-13(18)5-6-16-10-2-3-10/h1,4,7,10,16H,2-3,5-6,8H2,(H,17,18). The van der Waals surface area contributed by atoms with Crippen LogP contribution in [0.15, 0.2) is 18.2 Å². The smallest absolute Gasteiger partial charge is 0.221 e. The normalized spacial score (nSPS) is 14.6. The highest BCUT2D eigenvalue weighted by atomic mass is 35.5. The van der Waals surface area contributed by atoms with Gasteiger partial charge in [0.25, 0.3) is 0 Å². The van der Waals surface area contributed by atoms with E-state index in [2.05, 4.69) is 10.6 Å². The molecule has 0 spiro atoms. The molecule has 0 atom stereocenters. The molecule has 0 radical (unpaired) electrons. The van der Waals surface area contributed by atoms with Gasteiger partial charge < -0.3 is 10.6 Å². The molecule has 0 aliphatic heterocycles. The molecule has 5 heteroatoms. The first kappa shape index (κ1) is 13.3. The van der Waals surface area contributed by atoms with Crippen molar-refractivity contribution < 1.29 is 9.18 Å². The predicted octanol–water partition coefficient (Wildman–Crippen LogP) is 2.24. The first-order chi connectivity index (χ1) is 8.65. The van der Waals surface area contributed by atoms with Crippen LogP contribution in [-0.4, -0.2) is 18.5 Å². The first-order valence-electron chi connectivity index (χ1n) is 6.09. The van der Waals surface area contributed by atoms with Crippen LogP contribution in [0.1, 0.15) is 24.8 Å². The average molecular weight is 271 g/mol. The van der Waals surface area contributed by atoms with Gasteiger partial charge in [0.2, 0.25) is 5.91 Å². The summed E-state index contributed by atoms with van der Waals surface area (Å²) in [5.74, 6) is -0.455. The number of rotatable bonds is 6. The van der Waals surface area contributed by atoms with Gasteiger partial charge in [0.05, 0.1) is 5.02 Å². The Morgan fingerprint density at radius 2 is 2.22 bits per heavy atom. The quantitative estimate of drug-likeness (QED) is 0.832. The van der Waals surface area contributed by atoms with Crippen LogP contribution >= 0.6 is 11.6 Å². The third-order valence-corrected chi connectivity index (χ3v) is 3.13. The van der Waals surface area contributed by atoms with Crippen LogP contribution in [0.25, 0.3) is 0 Å². The predicted molar refractivity (Wildman–Crippen MR) is 68.9 cm³/mol. The maximum Gasteiger partial charge on any atom is 0.221 e. The molecule has 1 aliphatic carbocycles. The maximum absolute atomic E-state index is 12.9. The van der Waals surface area contributed by atoms with E-state index in [-0.39, 0.29) is 10.9 Å². The van der Waals surface area contributed by atoms with Crippen LogP contribution in [0.3, 0.4) is 0 Å². The van der Waals surface area contributed by atoms with Crippen molar-refractivity contribution in [2.24, 2.45) is 0 Å². The summed E-state index contributed by atoms with van der Waals surface area (Å²) in [6.45, 7) is 1.09. The topological polar surface area (TPSA) is 41.1 Å².